The van der Waals surface area contributed by atoms with Crippen LogP contribution < -0.4 is 47.6 Å². The molecule has 3 aromatic carbocycles. The molecule has 0 aromatic heterocycles. The van der Waals surface area contributed by atoms with Gasteiger partial charge in [0.1, 0.15) is 0 Å². The first kappa shape index (κ1) is 33.9. The summed E-state index contributed by atoms with van der Waals surface area (Å²) < 4.78 is 13.7. The fourth-order valence-electron chi connectivity index (χ4n) is 5.79. The van der Waals surface area contributed by atoms with Gasteiger partial charge in [-0.15, -0.1) is 0 Å². The predicted molar refractivity (Wildman–Crippen MR) is 143 cm³/mol. The molecule has 37 heavy (non-hydrogen) atoms. The number of benzene rings is 3. The van der Waals surface area contributed by atoms with Crippen LogP contribution in [0, 0.1) is 33.5 Å². The van der Waals surface area contributed by atoms with Crippen LogP contribution in [0.1, 0.15) is 48.6 Å². The second kappa shape index (κ2) is 13.3. The molecule has 0 nitrogen and oxygen atoms in total. The molecule has 1 atom stereocenters. The van der Waals surface area contributed by atoms with E-state index in [0.717, 1.165) is 11.6 Å². The van der Waals surface area contributed by atoms with Crippen molar-refractivity contribution in [2.24, 2.45) is 0 Å². The molecule has 1 unspecified atom stereocenters. The monoisotopic (exact) mass is 606 g/mol. The first-order valence-corrected chi connectivity index (χ1v) is 14.8. The van der Waals surface area contributed by atoms with E-state index in [1.807, 2.05) is 12.1 Å². The van der Waals surface area contributed by atoms with E-state index >= 15 is 0 Å². The van der Waals surface area contributed by atoms with Crippen molar-refractivity contribution >= 4 is 24.7 Å². The van der Waals surface area contributed by atoms with Crippen LogP contribution in [0.15, 0.2) is 77.4 Å². The minimum Gasteiger partial charge on any atom is -1.00 e. The first-order chi connectivity index (χ1) is 16.0. The molecule has 0 radical (unpaired) electrons. The van der Waals surface area contributed by atoms with Gasteiger partial charge in [-0.25, -0.2) is 0 Å². The number of allylic oxidation sites excluding steroid dienone is 4. The first-order valence-electron chi connectivity index (χ1n) is 12.1. The van der Waals surface area contributed by atoms with Crippen LogP contribution in [0.4, 0.5) is 4.39 Å². The fraction of sp³-hybridized carbons (Fsp3) is 0.290. The summed E-state index contributed by atoms with van der Waals surface area (Å²) in [6.45, 7) is 15.7. The Morgan fingerprint density at radius 1 is 0.649 bits per heavy atom. The summed E-state index contributed by atoms with van der Waals surface area (Å²) in [5.41, 5.74) is 12.0. The summed E-state index contributed by atoms with van der Waals surface area (Å²) in [5, 5.41) is 3.02. The molecule has 0 amide bonds. The maximum Gasteiger partial charge on any atom is -1.00 e. The maximum absolute atomic E-state index is 13.8. The van der Waals surface area contributed by atoms with Gasteiger partial charge in [0.15, 0.2) is 0 Å². The molecule has 0 bridgehead atoms. The third kappa shape index (κ3) is 6.90. The van der Waals surface area contributed by atoms with Crippen LogP contribution in [0.2, 0.25) is 9.76 Å². The van der Waals surface area contributed by atoms with Crippen LogP contribution in [0.25, 0.3) is 5.57 Å². The van der Waals surface area contributed by atoms with Crippen LogP contribution >= 0.6 is 0 Å². The molecular formula is C31H34Cl3FSiTi. The zero-order valence-corrected chi connectivity index (χ0v) is 27.6. The van der Waals surface area contributed by atoms with Crippen molar-refractivity contribution in [1.82, 2.24) is 0 Å². The average molecular weight is 608 g/mol. The Bertz CT molecular complexity index is 1240. The van der Waals surface area contributed by atoms with E-state index in [1.165, 1.54) is 54.9 Å². The molecule has 0 fully saturated rings. The molecule has 0 spiro atoms. The molecule has 0 saturated heterocycles. The van der Waals surface area contributed by atoms with Crippen molar-refractivity contribution in [2.75, 3.05) is 0 Å². The van der Waals surface area contributed by atoms with E-state index in [4.69, 9.17) is 0 Å². The zero-order chi connectivity index (χ0) is 24.8. The molecule has 4 rings (SSSR count). The Kier molecular flexibility index (Phi) is 12.2. The van der Waals surface area contributed by atoms with Gasteiger partial charge < -0.3 is 37.2 Å². The predicted octanol–water partition coefficient (Wildman–Crippen LogP) is -2.06. The summed E-state index contributed by atoms with van der Waals surface area (Å²) >= 11 is 2.42. The molecule has 194 valence electrons. The molecule has 0 aliphatic heterocycles. The van der Waals surface area contributed by atoms with Gasteiger partial charge in [0.05, 0.1) is 0 Å². The van der Waals surface area contributed by atoms with E-state index in [-0.39, 0.29) is 46.8 Å². The largest absolute Gasteiger partial charge is 1.00 e. The van der Waals surface area contributed by atoms with Crippen LogP contribution in [0.3, 0.4) is 0 Å². The van der Waals surface area contributed by atoms with E-state index < -0.39 is 8.80 Å². The van der Waals surface area contributed by atoms with Gasteiger partial charge in [0.2, 0.25) is 0 Å². The molecule has 0 heterocycles. The average Bonchev–Trinajstić information content (AvgIpc) is 2.92. The van der Waals surface area contributed by atoms with Crippen molar-refractivity contribution in [3.8, 4) is 0 Å². The van der Waals surface area contributed by atoms with E-state index in [0.29, 0.717) is 0 Å². The van der Waals surface area contributed by atoms with Crippen LogP contribution in [-0.2, 0) is 20.4 Å². The molecular weight excluding hydrogens is 574 g/mol. The van der Waals surface area contributed by atoms with E-state index in [2.05, 4.69) is 105 Å². The van der Waals surface area contributed by atoms with E-state index in [1.54, 1.807) is 12.1 Å². The van der Waals surface area contributed by atoms with Gasteiger partial charge in [0.25, 0.3) is 0 Å². The van der Waals surface area contributed by atoms with Gasteiger partial charge in [-0.3, -0.25) is 0 Å². The van der Waals surface area contributed by atoms with Gasteiger partial charge >= 0.3 is 219 Å². The van der Waals surface area contributed by atoms with Crippen molar-refractivity contribution in [3.05, 3.63) is 111 Å². The minimum atomic E-state index is -1.59. The summed E-state index contributed by atoms with van der Waals surface area (Å²) in [5.74, 6) is -0.180. The number of hydrogen-bond donors (Lipinski definition) is 0. The summed E-state index contributed by atoms with van der Waals surface area (Å²) in [6.07, 6.45) is 0. The number of hydrogen-bond acceptors (Lipinski definition) is 0. The van der Waals surface area contributed by atoms with Crippen molar-refractivity contribution < 1.29 is 62.0 Å². The molecule has 1 aliphatic carbocycles. The fourth-order valence-corrected chi connectivity index (χ4v) is 11.4. The van der Waals surface area contributed by atoms with Crippen molar-refractivity contribution in [1.29, 1.82) is 0 Å². The normalized spacial score (nSPS) is 16.9. The van der Waals surface area contributed by atoms with Crippen molar-refractivity contribution in [2.45, 2.75) is 58.2 Å². The number of halogens is 4. The molecule has 6 heteroatoms. The van der Waals surface area contributed by atoms with Gasteiger partial charge in [-0.2, -0.15) is 0 Å². The van der Waals surface area contributed by atoms with Crippen LogP contribution in [0.5, 0.6) is 0 Å². The molecule has 0 N–H and O–H groups in total. The Morgan fingerprint density at radius 3 is 1.46 bits per heavy atom. The zero-order valence-electron chi connectivity index (χ0n) is 22.6. The molecule has 0 saturated carbocycles. The smallest absolute Gasteiger partial charge is 1.00 e. The minimum absolute atomic E-state index is 0. The summed E-state index contributed by atoms with van der Waals surface area (Å²) in [6, 6.07) is 22.4. The maximum atomic E-state index is 13.8. The third-order valence-electron chi connectivity index (χ3n) is 7.50. The summed E-state index contributed by atoms with van der Waals surface area (Å²) in [7, 11) is -1.59. The third-order valence-corrected chi connectivity index (χ3v) is 12.7. The Labute approximate surface area is 254 Å². The van der Waals surface area contributed by atoms with E-state index in [9.17, 15) is 4.39 Å². The quantitative estimate of drug-likeness (QED) is 0.293. The van der Waals surface area contributed by atoms with Crippen LogP contribution in [-0.4, -0.2) is 8.80 Å². The second-order valence-electron chi connectivity index (χ2n) is 10.3. The number of aryl methyl sites for hydroxylation is 4. The Balaban J connectivity index is 0.00000228. The summed E-state index contributed by atoms with van der Waals surface area (Å²) in [4.78, 5) is 0. The second-order valence-corrected chi connectivity index (χ2v) is 14.4. The van der Waals surface area contributed by atoms with Gasteiger partial charge in [0, 0.05) is 0 Å². The standard InChI is InChI=1S/C31H34FSi.3ClH.Ti/c1-19-12-20(2)15-28(14-19)33(29-16-21(3)13-22(4)17-29)18-30-24(6)23(5)25(7)31(30)26-8-10-27(32)11-9-26;;;;/h8-17,33H,18H2,1-7H3;3*1H;/q;;;;+3/p-3. The SMILES string of the molecule is CC1=C(C)[C]([Ti+3])(C[SiH](c2cc(C)cc(C)c2)c2cc(C)cc(C)c2)C(c2ccc(F)cc2)=C1C.[Cl-].[Cl-].[Cl-]. The number of rotatable bonds is 5. The Hall–Kier alpha value is -1.13. The Morgan fingerprint density at radius 2 is 1.05 bits per heavy atom. The topological polar surface area (TPSA) is 0 Å². The molecule has 1 aliphatic rings. The van der Waals surface area contributed by atoms with Gasteiger partial charge in [-0.05, 0) is 0 Å². The molecule has 3 aromatic rings. The van der Waals surface area contributed by atoms with Gasteiger partial charge in [-0.1, -0.05) is 0 Å². The van der Waals surface area contributed by atoms with Crippen molar-refractivity contribution in [3.63, 3.8) is 0 Å².